The van der Waals surface area contributed by atoms with Crippen molar-refractivity contribution < 1.29 is 5.11 Å². The van der Waals surface area contributed by atoms with E-state index in [1.807, 2.05) is 24.0 Å². The monoisotopic (exact) mass is 251 g/mol. The van der Waals surface area contributed by atoms with Gasteiger partial charge in [0, 0.05) is 16.3 Å². The fraction of sp³-hybridized carbons (Fsp3) is 0.643. The van der Waals surface area contributed by atoms with E-state index >= 15 is 0 Å². The van der Waals surface area contributed by atoms with Crippen LogP contribution in [0.3, 0.4) is 0 Å². The molecule has 0 spiro atoms. The van der Waals surface area contributed by atoms with Crippen molar-refractivity contribution in [2.75, 3.05) is 0 Å². The third kappa shape index (κ3) is 3.71. The molecule has 2 rings (SSSR count). The Hall–Kier alpha value is -0.540. The number of hydrogen-bond acceptors (Lipinski definition) is 3. The fourth-order valence-corrected chi connectivity index (χ4v) is 3.74. The van der Waals surface area contributed by atoms with Gasteiger partial charge in [0.2, 0.25) is 0 Å². The lowest BCUT2D eigenvalue weighted by atomic mass is 9.91. The summed E-state index contributed by atoms with van der Waals surface area (Å²) >= 11 is 1.94. The Morgan fingerprint density at radius 2 is 2.24 bits per heavy atom. The van der Waals surface area contributed by atoms with E-state index in [4.69, 9.17) is 0 Å². The quantitative estimate of drug-likeness (QED) is 0.887. The summed E-state index contributed by atoms with van der Waals surface area (Å²) in [5.41, 5.74) is 0.756. The summed E-state index contributed by atoms with van der Waals surface area (Å²) < 4.78 is 0. The summed E-state index contributed by atoms with van der Waals surface area (Å²) in [6, 6.07) is 4.01. The lowest BCUT2D eigenvalue weighted by molar-refractivity contribution is 0.194. The van der Waals surface area contributed by atoms with Gasteiger partial charge in [0.25, 0.3) is 0 Å². The molecule has 0 aromatic carbocycles. The summed E-state index contributed by atoms with van der Waals surface area (Å²) in [4.78, 5) is 5.52. The summed E-state index contributed by atoms with van der Waals surface area (Å²) in [6.07, 6.45) is 6.82. The number of aromatic nitrogens is 1. The first-order valence-corrected chi connectivity index (χ1v) is 7.34. The molecule has 1 N–H and O–H groups in total. The predicted octanol–water partition coefficient (Wildman–Crippen LogP) is 3.81. The highest BCUT2D eigenvalue weighted by atomic mass is 32.2. The zero-order valence-corrected chi connectivity index (χ0v) is 11.4. The molecule has 0 saturated heterocycles. The number of nitrogens with zero attached hydrogens (tertiary/aromatic N) is 1. The van der Waals surface area contributed by atoms with Gasteiger partial charge in [-0.15, -0.1) is 11.8 Å². The smallest absolute Gasteiger partial charge is 0.0931 e. The van der Waals surface area contributed by atoms with Crippen molar-refractivity contribution in [3.8, 4) is 0 Å². The standard InChI is InChI=1S/C14H21NOS/c1-10-4-3-5-12(8-10)17-13-6-7-14(11(2)16)15-9-13/h6-7,9-12,16H,3-5,8H2,1-2H3. The molecule has 1 aliphatic carbocycles. The zero-order valence-electron chi connectivity index (χ0n) is 10.6. The second-order valence-electron chi connectivity index (χ2n) is 5.11. The lowest BCUT2D eigenvalue weighted by Gasteiger charge is -2.26. The maximum absolute atomic E-state index is 9.40. The third-order valence-corrected chi connectivity index (χ3v) is 4.65. The third-order valence-electron chi connectivity index (χ3n) is 3.38. The molecule has 17 heavy (non-hydrogen) atoms. The second kappa shape index (κ2) is 5.87. The molecule has 1 aromatic heterocycles. The second-order valence-corrected chi connectivity index (χ2v) is 6.48. The van der Waals surface area contributed by atoms with Crippen LogP contribution >= 0.6 is 11.8 Å². The van der Waals surface area contributed by atoms with Crippen molar-refractivity contribution in [3.63, 3.8) is 0 Å². The first-order valence-electron chi connectivity index (χ1n) is 6.46. The topological polar surface area (TPSA) is 33.1 Å². The molecule has 0 radical (unpaired) electrons. The lowest BCUT2D eigenvalue weighted by Crippen LogP contribution is -2.14. The Morgan fingerprint density at radius 1 is 1.41 bits per heavy atom. The summed E-state index contributed by atoms with van der Waals surface area (Å²) in [5, 5.41) is 10.1. The first kappa shape index (κ1) is 12.9. The van der Waals surface area contributed by atoms with Crippen LogP contribution in [0.1, 0.15) is 51.3 Å². The highest BCUT2D eigenvalue weighted by Gasteiger charge is 2.19. The van der Waals surface area contributed by atoms with E-state index in [9.17, 15) is 5.11 Å². The molecule has 3 atom stereocenters. The van der Waals surface area contributed by atoms with Crippen molar-refractivity contribution in [1.29, 1.82) is 0 Å². The van der Waals surface area contributed by atoms with E-state index in [2.05, 4.69) is 18.0 Å². The summed E-state index contributed by atoms with van der Waals surface area (Å²) in [5.74, 6) is 0.867. The van der Waals surface area contributed by atoms with Crippen LogP contribution in [0.5, 0.6) is 0 Å². The first-order chi connectivity index (χ1) is 8.15. The zero-order chi connectivity index (χ0) is 12.3. The van der Waals surface area contributed by atoms with Gasteiger partial charge in [-0.3, -0.25) is 4.98 Å². The van der Waals surface area contributed by atoms with Crippen molar-refractivity contribution in [1.82, 2.24) is 4.98 Å². The molecule has 1 aliphatic rings. The molecule has 1 fully saturated rings. The SMILES string of the molecule is CC1CCCC(Sc2ccc(C(C)O)nc2)C1. The average Bonchev–Trinajstić information content (AvgIpc) is 2.29. The van der Waals surface area contributed by atoms with Gasteiger partial charge in [0.05, 0.1) is 11.8 Å². The van der Waals surface area contributed by atoms with Crippen LogP contribution in [0, 0.1) is 5.92 Å². The van der Waals surface area contributed by atoms with Crippen LogP contribution < -0.4 is 0 Å². The largest absolute Gasteiger partial charge is 0.387 e. The van der Waals surface area contributed by atoms with Crippen LogP contribution in [0.4, 0.5) is 0 Å². The van der Waals surface area contributed by atoms with Crippen LogP contribution in [-0.4, -0.2) is 15.3 Å². The minimum absolute atomic E-state index is 0.469. The number of pyridine rings is 1. The molecule has 3 heteroatoms. The van der Waals surface area contributed by atoms with Crippen molar-refractivity contribution >= 4 is 11.8 Å². The van der Waals surface area contributed by atoms with Gasteiger partial charge in [-0.1, -0.05) is 19.8 Å². The fourth-order valence-electron chi connectivity index (χ4n) is 2.39. The Morgan fingerprint density at radius 3 is 2.82 bits per heavy atom. The molecule has 2 nitrogen and oxygen atoms in total. The molecule has 1 saturated carbocycles. The molecular formula is C14H21NOS. The average molecular weight is 251 g/mol. The Labute approximate surface area is 108 Å². The molecule has 1 heterocycles. The number of hydrogen-bond donors (Lipinski definition) is 1. The molecule has 0 bridgehead atoms. The van der Waals surface area contributed by atoms with E-state index in [1.54, 1.807) is 6.92 Å². The van der Waals surface area contributed by atoms with Gasteiger partial charge >= 0.3 is 0 Å². The molecule has 3 unspecified atom stereocenters. The van der Waals surface area contributed by atoms with Crippen molar-refractivity contribution in [3.05, 3.63) is 24.0 Å². The summed E-state index contributed by atoms with van der Waals surface area (Å²) in [6.45, 7) is 4.10. The molecule has 0 aliphatic heterocycles. The summed E-state index contributed by atoms with van der Waals surface area (Å²) in [7, 11) is 0. The number of aliphatic hydroxyl groups excluding tert-OH is 1. The van der Waals surface area contributed by atoms with Crippen molar-refractivity contribution in [2.45, 2.75) is 55.8 Å². The van der Waals surface area contributed by atoms with E-state index in [-0.39, 0.29) is 0 Å². The maximum atomic E-state index is 9.40. The highest BCUT2D eigenvalue weighted by molar-refractivity contribution is 8.00. The van der Waals surface area contributed by atoms with Gasteiger partial charge in [-0.25, -0.2) is 0 Å². The minimum atomic E-state index is -0.469. The van der Waals surface area contributed by atoms with E-state index in [0.29, 0.717) is 0 Å². The van der Waals surface area contributed by atoms with Crippen LogP contribution in [0.25, 0.3) is 0 Å². The van der Waals surface area contributed by atoms with Gasteiger partial charge in [-0.2, -0.15) is 0 Å². The molecule has 94 valence electrons. The molecule has 1 aromatic rings. The Balaban J connectivity index is 1.94. The van der Waals surface area contributed by atoms with E-state index in [0.717, 1.165) is 16.9 Å². The number of aliphatic hydroxyl groups is 1. The van der Waals surface area contributed by atoms with Crippen LogP contribution in [-0.2, 0) is 0 Å². The van der Waals surface area contributed by atoms with Gasteiger partial charge < -0.3 is 5.11 Å². The van der Waals surface area contributed by atoms with E-state index in [1.165, 1.54) is 30.6 Å². The Bertz CT molecular complexity index is 350. The van der Waals surface area contributed by atoms with Gasteiger partial charge in [0.15, 0.2) is 0 Å². The van der Waals surface area contributed by atoms with Crippen molar-refractivity contribution in [2.24, 2.45) is 5.92 Å². The van der Waals surface area contributed by atoms with Crippen LogP contribution in [0.15, 0.2) is 23.2 Å². The number of rotatable bonds is 3. The van der Waals surface area contributed by atoms with Crippen LogP contribution in [0.2, 0.25) is 0 Å². The number of thioether (sulfide) groups is 1. The predicted molar refractivity (Wildman–Crippen MR) is 72.1 cm³/mol. The van der Waals surface area contributed by atoms with Gasteiger partial charge in [-0.05, 0) is 37.8 Å². The molecular weight excluding hydrogens is 230 g/mol. The van der Waals surface area contributed by atoms with Gasteiger partial charge in [0.1, 0.15) is 0 Å². The minimum Gasteiger partial charge on any atom is -0.387 e. The maximum Gasteiger partial charge on any atom is 0.0931 e. The van der Waals surface area contributed by atoms with E-state index < -0.39 is 6.10 Å². The highest BCUT2D eigenvalue weighted by Crippen LogP contribution is 2.35. The molecule has 0 amide bonds. The Kier molecular flexibility index (Phi) is 4.46. The normalized spacial score (nSPS) is 26.8.